The molecule has 0 saturated heterocycles. The van der Waals surface area contributed by atoms with E-state index in [0.29, 0.717) is 5.92 Å². The molecule has 3 rings (SSSR count). The van der Waals surface area contributed by atoms with Crippen molar-refractivity contribution >= 4 is 16.7 Å². The van der Waals surface area contributed by atoms with Crippen LogP contribution in [-0.4, -0.2) is 5.97 Å². The molecular formula is C19H22O2. The number of hydrogen-bond acceptors (Lipinski definition) is 2. The molecule has 0 spiro atoms. The zero-order valence-corrected chi connectivity index (χ0v) is 12.5. The van der Waals surface area contributed by atoms with Crippen LogP contribution in [0.5, 0.6) is 0 Å². The first kappa shape index (κ1) is 14.1. The van der Waals surface area contributed by atoms with Crippen LogP contribution < -0.4 is 0 Å². The van der Waals surface area contributed by atoms with Crippen molar-refractivity contribution < 1.29 is 9.53 Å². The van der Waals surface area contributed by atoms with E-state index in [-0.39, 0.29) is 12.1 Å². The van der Waals surface area contributed by atoms with Gasteiger partial charge in [0.15, 0.2) is 0 Å². The molecule has 2 aromatic carbocycles. The summed E-state index contributed by atoms with van der Waals surface area (Å²) in [6, 6.07) is 14.6. The second-order valence-corrected chi connectivity index (χ2v) is 6.00. The average Bonchev–Trinajstić information content (AvgIpc) is 2.53. The minimum atomic E-state index is -0.182. The number of carbonyl (C=O) groups is 1. The standard InChI is InChI=1S/C19H22O2/c1-14(20)21-19(16-9-3-2-4-10-16)18-13-7-11-15-8-5-6-12-17(15)18/h5-8,11-13,16,19H,2-4,9-10H2,1H3/t19-/m1/s1. The number of ether oxygens (including phenoxy) is 1. The molecule has 0 aliphatic heterocycles. The Kier molecular flexibility index (Phi) is 4.23. The molecule has 0 unspecified atom stereocenters. The Morgan fingerprint density at radius 3 is 2.52 bits per heavy atom. The molecule has 2 heteroatoms. The van der Waals surface area contributed by atoms with Gasteiger partial charge in [-0.15, -0.1) is 0 Å². The summed E-state index contributed by atoms with van der Waals surface area (Å²) in [6.07, 6.45) is 6.00. The maximum Gasteiger partial charge on any atom is 0.303 e. The molecule has 0 heterocycles. The lowest BCUT2D eigenvalue weighted by atomic mass is 9.81. The summed E-state index contributed by atoms with van der Waals surface area (Å²) in [5.41, 5.74) is 1.16. The van der Waals surface area contributed by atoms with Crippen molar-refractivity contribution in [1.82, 2.24) is 0 Å². The zero-order valence-electron chi connectivity index (χ0n) is 12.5. The maximum atomic E-state index is 11.6. The van der Waals surface area contributed by atoms with Gasteiger partial charge in [-0.05, 0) is 23.6 Å². The molecule has 0 aromatic heterocycles. The van der Waals surface area contributed by atoms with Crippen LogP contribution in [0.3, 0.4) is 0 Å². The molecule has 1 atom stereocenters. The predicted molar refractivity (Wildman–Crippen MR) is 85.0 cm³/mol. The van der Waals surface area contributed by atoms with Gasteiger partial charge >= 0.3 is 5.97 Å². The third kappa shape index (κ3) is 3.10. The Labute approximate surface area is 126 Å². The van der Waals surface area contributed by atoms with E-state index in [1.807, 2.05) is 6.07 Å². The van der Waals surface area contributed by atoms with Gasteiger partial charge in [0.25, 0.3) is 0 Å². The number of benzene rings is 2. The molecule has 0 amide bonds. The highest BCUT2D eigenvalue weighted by Gasteiger charge is 2.28. The predicted octanol–water partition coefficient (Wildman–Crippen LogP) is 5.02. The number of carbonyl (C=O) groups excluding carboxylic acids is 1. The van der Waals surface area contributed by atoms with Crippen LogP contribution in [0.15, 0.2) is 42.5 Å². The molecule has 2 nitrogen and oxygen atoms in total. The first-order chi connectivity index (χ1) is 10.3. The van der Waals surface area contributed by atoms with Crippen molar-refractivity contribution in [3.05, 3.63) is 48.0 Å². The zero-order chi connectivity index (χ0) is 14.7. The topological polar surface area (TPSA) is 26.3 Å². The van der Waals surface area contributed by atoms with Crippen LogP contribution >= 0.6 is 0 Å². The summed E-state index contributed by atoms with van der Waals surface area (Å²) < 4.78 is 5.75. The molecule has 1 fully saturated rings. The quantitative estimate of drug-likeness (QED) is 0.738. The van der Waals surface area contributed by atoms with E-state index >= 15 is 0 Å². The van der Waals surface area contributed by atoms with E-state index in [2.05, 4.69) is 36.4 Å². The van der Waals surface area contributed by atoms with E-state index in [1.165, 1.54) is 37.0 Å². The first-order valence-electron chi connectivity index (χ1n) is 7.90. The van der Waals surface area contributed by atoms with Crippen LogP contribution in [0.2, 0.25) is 0 Å². The highest BCUT2D eigenvalue weighted by atomic mass is 16.5. The maximum absolute atomic E-state index is 11.6. The summed E-state index contributed by atoms with van der Waals surface area (Å²) in [4.78, 5) is 11.6. The van der Waals surface area contributed by atoms with Gasteiger partial charge in [0.1, 0.15) is 6.10 Å². The van der Waals surface area contributed by atoms with Crippen LogP contribution in [0.1, 0.15) is 50.7 Å². The lowest BCUT2D eigenvalue weighted by Crippen LogP contribution is -2.21. The fraction of sp³-hybridized carbons (Fsp3) is 0.421. The van der Waals surface area contributed by atoms with Crippen molar-refractivity contribution in [2.45, 2.75) is 45.1 Å². The molecular weight excluding hydrogens is 260 g/mol. The fourth-order valence-electron chi connectivity index (χ4n) is 3.53. The van der Waals surface area contributed by atoms with E-state index in [1.54, 1.807) is 0 Å². The Bertz CT molecular complexity index is 621. The van der Waals surface area contributed by atoms with Crippen molar-refractivity contribution in [2.24, 2.45) is 5.92 Å². The van der Waals surface area contributed by atoms with E-state index in [4.69, 9.17) is 4.74 Å². The molecule has 0 radical (unpaired) electrons. The van der Waals surface area contributed by atoms with Gasteiger partial charge < -0.3 is 4.74 Å². The van der Waals surface area contributed by atoms with Crippen LogP contribution in [0.4, 0.5) is 0 Å². The van der Waals surface area contributed by atoms with Gasteiger partial charge in [-0.3, -0.25) is 4.79 Å². The smallest absolute Gasteiger partial charge is 0.303 e. The monoisotopic (exact) mass is 282 g/mol. The summed E-state index contributed by atoms with van der Waals surface area (Å²) in [7, 11) is 0. The van der Waals surface area contributed by atoms with Gasteiger partial charge in [-0.2, -0.15) is 0 Å². The fourth-order valence-corrected chi connectivity index (χ4v) is 3.53. The van der Waals surface area contributed by atoms with Crippen molar-refractivity contribution in [2.75, 3.05) is 0 Å². The van der Waals surface area contributed by atoms with Crippen molar-refractivity contribution in [3.8, 4) is 0 Å². The number of esters is 1. The number of fused-ring (bicyclic) bond motifs is 1. The van der Waals surface area contributed by atoms with Gasteiger partial charge in [0.2, 0.25) is 0 Å². The van der Waals surface area contributed by atoms with Gasteiger partial charge in [0, 0.05) is 18.4 Å². The second-order valence-electron chi connectivity index (χ2n) is 6.00. The van der Waals surface area contributed by atoms with E-state index in [0.717, 1.165) is 18.4 Å². The van der Waals surface area contributed by atoms with Gasteiger partial charge in [-0.25, -0.2) is 0 Å². The molecule has 0 bridgehead atoms. The van der Waals surface area contributed by atoms with Crippen molar-refractivity contribution in [1.29, 1.82) is 0 Å². The molecule has 110 valence electrons. The molecule has 0 N–H and O–H groups in total. The Hall–Kier alpha value is -1.83. The minimum Gasteiger partial charge on any atom is -0.457 e. The summed E-state index contributed by atoms with van der Waals surface area (Å²) in [5.74, 6) is 0.270. The van der Waals surface area contributed by atoms with Gasteiger partial charge in [0.05, 0.1) is 0 Å². The first-order valence-corrected chi connectivity index (χ1v) is 7.90. The Morgan fingerprint density at radius 2 is 1.76 bits per heavy atom. The van der Waals surface area contributed by atoms with Crippen LogP contribution in [-0.2, 0) is 9.53 Å². The van der Waals surface area contributed by atoms with Gasteiger partial charge in [-0.1, -0.05) is 61.7 Å². The van der Waals surface area contributed by atoms with E-state index in [9.17, 15) is 4.79 Å². The molecule has 2 aromatic rings. The van der Waals surface area contributed by atoms with E-state index < -0.39 is 0 Å². The normalized spacial score (nSPS) is 17.6. The number of rotatable bonds is 3. The largest absolute Gasteiger partial charge is 0.457 e. The molecule has 1 saturated carbocycles. The average molecular weight is 282 g/mol. The Morgan fingerprint density at radius 1 is 1.05 bits per heavy atom. The third-order valence-electron chi connectivity index (χ3n) is 4.50. The Balaban J connectivity index is 2.02. The highest BCUT2D eigenvalue weighted by molar-refractivity contribution is 5.86. The minimum absolute atomic E-state index is 0.103. The SMILES string of the molecule is CC(=O)O[C@@H](c1cccc2ccccc12)C1CCCCC1. The summed E-state index contributed by atoms with van der Waals surface area (Å²) in [6.45, 7) is 1.51. The lowest BCUT2D eigenvalue weighted by molar-refractivity contribution is -0.150. The molecule has 1 aliphatic carbocycles. The van der Waals surface area contributed by atoms with Crippen molar-refractivity contribution in [3.63, 3.8) is 0 Å². The number of hydrogen-bond donors (Lipinski definition) is 0. The summed E-state index contributed by atoms with van der Waals surface area (Å²) >= 11 is 0. The lowest BCUT2D eigenvalue weighted by Gasteiger charge is -2.30. The second kappa shape index (κ2) is 6.30. The summed E-state index contributed by atoms with van der Waals surface area (Å²) in [5, 5.41) is 2.42. The highest BCUT2D eigenvalue weighted by Crippen LogP contribution is 2.39. The van der Waals surface area contributed by atoms with Crippen LogP contribution in [0, 0.1) is 5.92 Å². The van der Waals surface area contributed by atoms with Crippen LogP contribution in [0.25, 0.3) is 10.8 Å². The third-order valence-corrected chi connectivity index (χ3v) is 4.50. The molecule has 1 aliphatic rings. The molecule has 21 heavy (non-hydrogen) atoms.